The number of hydrogen-bond acceptors (Lipinski definition) is 2. The lowest BCUT2D eigenvalue weighted by Crippen LogP contribution is -2.13. The van der Waals surface area contributed by atoms with Gasteiger partial charge in [0, 0.05) is 21.1 Å². The molecule has 0 saturated heterocycles. The van der Waals surface area contributed by atoms with Gasteiger partial charge in [0.2, 0.25) is 5.95 Å². The normalized spacial score (nSPS) is 10.8. The van der Waals surface area contributed by atoms with E-state index in [1.165, 1.54) is 0 Å². The predicted octanol–water partition coefficient (Wildman–Crippen LogP) is 1.55. The highest BCUT2D eigenvalue weighted by atomic mass is 15.3. The highest BCUT2D eigenvalue weighted by Crippen LogP contribution is 2.22. The minimum Gasteiger partial charge on any atom is -0.348 e. The molecule has 1 N–H and O–H groups in total. The van der Waals surface area contributed by atoms with E-state index in [1.807, 2.05) is 42.7 Å². The third-order valence-electron chi connectivity index (χ3n) is 2.26. The number of aryl methyl sites for hydroxylation is 1. The van der Waals surface area contributed by atoms with Gasteiger partial charge in [-0.1, -0.05) is 0 Å². The third kappa shape index (κ3) is 1.19. The molecule has 4 nitrogen and oxygen atoms in total. The van der Waals surface area contributed by atoms with Crippen LogP contribution in [0.15, 0.2) is 18.2 Å². The van der Waals surface area contributed by atoms with E-state index in [-0.39, 0.29) is 0 Å². The van der Waals surface area contributed by atoms with Crippen molar-refractivity contribution in [3.05, 3.63) is 18.2 Å². The van der Waals surface area contributed by atoms with Crippen molar-refractivity contribution in [2.24, 2.45) is 7.05 Å². The van der Waals surface area contributed by atoms with Crippen LogP contribution in [0, 0.1) is 0 Å². The zero-order valence-electron chi connectivity index (χ0n) is 8.57. The zero-order chi connectivity index (χ0) is 10.3. The van der Waals surface area contributed by atoms with E-state index in [4.69, 9.17) is 5.73 Å². The summed E-state index contributed by atoms with van der Waals surface area (Å²) in [7, 11) is 5.88. The molecule has 2 aromatic rings. The fraction of sp³-hybridized carbons (Fsp3) is 0.300. The lowest BCUT2D eigenvalue weighted by molar-refractivity contribution is 0.890. The smallest absolute Gasteiger partial charge is 0.205 e. The number of anilines is 1. The van der Waals surface area contributed by atoms with E-state index in [2.05, 4.69) is 4.98 Å². The number of benzene rings is 1. The molecule has 14 heavy (non-hydrogen) atoms. The van der Waals surface area contributed by atoms with Crippen LogP contribution in [0.5, 0.6) is 0 Å². The Morgan fingerprint density at radius 1 is 1.36 bits per heavy atom. The molecule has 0 saturated carbocycles. The Bertz CT molecular complexity index is 470. The van der Waals surface area contributed by atoms with E-state index in [0.717, 1.165) is 17.0 Å². The van der Waals surface area contributed by atoms with Crippen LogP contribution in [0.2, 0.25) is 0 Å². The number of nitrogens with one attached hydrogen (secondary N) is 1. The molecule has 1 aromatic heterocycles. The molecule has 0 aliphatic carbocycles. The van der Waals surface area contributed by atoms with E-state index < -0.39 is 0 Å². The van der Waals surface area contributed by atoms with Crippen LogP contribution in [0.1, 0.15) is 0 Å². The molecule has 0 unspecified atom stereocenters. The number of hydrogen-bond donors (Lipinski definition) is 0. The van der Waals surface area contributed by atoms with Crippen molar-refractivity contribution in [3.63, 3.8) is 0 Å². The molecule has 0 fully saturated rings. The highest BCUT2D eigenvalue weighted by molar-refractivity contribution is 5.81. The van der Waals surface area contributed by atoms with Crippen molar-refractivity contribution in [1.82, 2.24) is 15.3 Å². The van der Waals surface area contributed by atoms with Gasteiger partial charge in [-0.25, -0.2) is 4.98 Å². The highest BCUT2D eigenvalue weighted by Gasteiger charge is 2.08. The first kappa shape index (κ1) is 8.87. The van der Waals surface area contributed by atoms with E-state index >= 15 is 0 Å². The molecule has 1 radical (unpaired) electrons. The number of nitrogens with zero attached hydrogens (tertiary/aromatic N) is 3. The fourth-order valence-corrected chi connectivity index (χ4v) is 1.58. The topological polar surface area (TPSA) is 44.9 Å². The summed E-state index contributed by atoms with van der Waals surface area (Å²) in [5.41, 5.74) is 9.99. The minimum atomic E-state index is 0.519. The van der Waals surface area contributed by atoms with Crippen LogP contribution in [0.3, 0.4) is 0 Å². The summed E-state index contributed by atoms with van der Waals surface area (Å²) in [5, 5.41) is 0. The van der Waals surface area contributed by atoms with Gasteiger partial charge in [-0.05, 0) is 18.2 Å². The minimum absolute atomic E-state index is 0.519. The van der Waals surface area contributed by atoms with Crippen molar-refractivity contribution in [2.75, 3.05) is 19.0 Å². The average molecular weight is 189 g/mol. The predicted molar refractivity (Wildman–Crippen MR) is 57.8 cm³/mol. The SMILES string of the molecule is CN(C)c1nc2ccc([NH])cc2n1C. The number of rotatable bonds is 1. The van der Waals surface area contributed by atoms with Crippen molar-refractivity contribution in [1.29, 1.82) is 0 Å². The third-order valence-corrected chi connectivity index (χ3v) is 2.26. The molecule has 0 bridgehead atoms. The van der Waals surface area contributed by atoms with Gasteiger partial charge in [0.25, 0.3) is 0 Å². The molecular weight excluding hydrogens is 176 g/mol. The van der Waals surface area contributed by atoms with Gasteiger partial charge in [0.15, 0.2) is 0 Å². The Kier molecular flexibility index (Phi) is 1.84. The summed E-state index contributed by atoms with van der Waals surface area (Å²) >= 11 is 0. The van der Waals surface area contributed by atoms with Gasteiger partial charge in [0.05, 0.1) is 16.7 Å². The number of aromatic nitrogens is 2. The maximum absolute atomic E-state index is 7.54. The summed E-state index contributed by atoms with van der Waals surface area (Å²) in [4.78, 5) is 6.42. The van der Waals surface area contributed by atoms with Crippen molar-refractivity contribution in [3.8, 4) is 0 Å². The Morgan fingerprint density at radius 2 is 2.07 bits per heavy atom. The second-order valence-corrected chi connectivity index (χ2v) is 3.57. The summed E-state index contributed by atoms with van der Waals surface area (Å²) in [6, 6.07) is 5.47. The summed E-state index contributed by atoms with van der Waals surface area (Å²) in [6.45, 7) is 0. The maximum Gasteiger partial charge on any atom is 0.205 e. The van der Waals surface area contributed by atoms with Crippen molar-refractivity contribution in [2.45, 2.75) is 0 Å². The molecule has 73 valence electrons. The lowest BCUT2D eigenvalue weighted by Gasteiger charge is -2.10. The molecular formula is C10H13N4. The second-order valence-electron chi connectivity index (χ2n) is 3.57. The molecule has 4 heteroatoms. The van der Waals surface area contributed by atoms with Gasteiger partial charge in [-0.3, -0.25) is 0 Å². The lowest BCUT2D eigenvalue weighted by atomic mass is 10.3. The maximum atomic E-state index is 7.54. The first-order valence-electron chi connectivity index (χ1n) is 4.45. The van der Waals surface area contributed by atoms with E-state index in [1.54, 1.807) is 6.07 Å². The summed E-state index contributed by atoms with van der Waals surface area (Å²) in [5.74, 6) is 0.908. The monoisotopic (exact) mass is 189 g/mol. The summed E-state index contributed by atoms with van der Waals surface area (Å²) < 4.78 is 1.99. The van der Waals surface area contributed by atoms with Gasteiger partial charge in [-0.15, -0.1) is 0 Å². The van der Waals surface area contributed by atoms with Crippen LogP contribution < -0.4 is 10.6 Å². The second kappa shape index (κ2) is 2.90. The Hall–Kier alpha value is -1.71. The average Bonchev–Trinajstić information content (AvgIpc) is 2.44. The first-order valence-corrected chi connectivity index (χ1v) is 4.45. The zero-order valence-corrected chi connectivity index (χ0v) is 8.57. The Balaban J connectivity index is 2.74. The van der Waals surface area contributed by atoms with Gasteiger partial charge in [-0.2, -0.15) is 0 Å². The van der Waals surface area contributed by atoms with E-state index in [0.29, 0.717) is 5.69 Å². The molecule has 0 aliphatic heterocycles. The van der Waals surface area contributed by atoms with Crippen molar-refractivity contribution >= 4 is 22.7 Å². The fourth-order valence-electron chi connectivity index (χ4n) is 1.58. The first-order chi connectivity index (χ1) is 6.59. The molecule has 2 rings (SSSR count). The van der Waals surface area contributed by atoms with Crippen LogP contribution in [-0.2, 0) is 7.05 Å². The molecule has 0 spiro atoms. The van der Waals surface area contributed by atoms with Crippen LogP contribution in [-0.4, -0.2) is 23.6 Å². The van der Waals surface area contributed by atoms with Gasteiger partial charge in [0.1, 0.15) is 0 Å². The van der Waals surface area contributed by atoms with E-state index in [9.17, 15) is 0 Å². The molecule has 0 atom stereocenters. The molecule has 0 amide bonds. The van der Waals surface area contributed by atoms with Crippen LogP contribution in [0.4, 0.5) is 11.6 Å². The standard InChI is InChI=1S/C10H13N4/c1-13(2)10-12-8-5-4-7(11)6-9(8)14(10)3/h4-6,11H,1-3H3. The van der Waals surface area contributed by atoms with Crippen molar-refractivity contribution < 1.29 is 0 Å². The molecule has 1 aromatic carbocycles. The quantitative estimate of drug-likeness (QED) is 0.683. The largest absolute Gasteiger partial charge is 0.348 e. The van der Waals surface area contributed by atoms with Crippen LogP contribution >= 0.6 is 0 Å². The van der Waals surface area contributed by atoms with Crippen LogP contribution in [0.25, 0.3) is 11.0 Å². The number of fused-ring (bicyclic) bond motifs is 1. The van der Waals surface area contributed by atoms with Gasteiger partial charge < -0.3 is 15.2 Å². The Morgan fingerprint density at radius 3 is 2.71 bits per heavy atom. The molecule has 0 aliphatic rings. The van der Waals surface area contributed by atoms with Gasteiger partial charge >= 0.3 is 0 Å². The number of imidazole rings is 1. The molecule has 1 heterocycles. The Labute approximate surface area is 82.9 Å². The summed E-state index contributed by atoms with van der Waals surface area (Å²) in [6.07, 6.45) is 0.